The van der Waals surface area contributed by atoms with Crippen LogP contribution < -0.4 is 5.32 Å². The van der Waals surface area contributed by atoms with Crippen LogP contribution in [0.1, 0.15) is 40.0 Å². The molecule has 0 aliphatic heterocycles. The summed E-state index contributed by atoms with van der Waals surface area (Å²) in [5, 5.41) is 2.33. The van der Waals surface area contributed by atoms with Crippen molar-refractivity contribution in [1.82, 2.24) is 5.32 Å². The second kappa shape index (κ2) is 7.36. The zero-order chi connectivity index (χ0) is 15.3. The van der Waals surface area contributed by atoms with Crippen molar-refractivity contribution < 1.29 is 26.3 Å². The predicted molar refractivity (Wildman–Crippen MR) is 61.8 cm³/mol. The van der Waals surface area contributed by atoms with E-state index in [2.05, 4.69) is 5.32 Å². The fraction of sp³-hybridized carbons (Fsp3) is 1.00. The summed E-state index contributed by atoms with van der Waals surface area (Å²) >= 11 is 0. The first-order chi connectivity index (χ1) is 8.50. The summed E-state index contributed by atoms with van der Waals surface area (Å²) in [6, 6.07) is -1.61. The van der Waals surface area contributed by atoms with Gasteiger partial charge in [0.15, 0.2) is 5.92 Å². The zero-order valence-corrected chi connectivity index (χ0v) is 11.3. The van der Waals surface area contributed by atoms with Crippen LogP contribution in [0, 0.1) is 11.8 Å². The molecule has 0 rings (SSSR count). The standard InChI is InChI=1S/C12H21F6N/c1-4-19-9(7-5-6-8(2)3)10(11(13,14)15)12(16,17)18/h8-10,19H,4-7H2,1-3H3. The van der Waals surface area contributed by atoms with Gasteiger partial charge >= 0.3 is 12.4 Å². The second-order valence-corrected chi connectivity index (χ2v) is 5.05. The fourth-order valence-corrected chi connectivity index (χ4v) is 2.04. The van der Waals surface area contributed by atoms with Crippen molar-refractivity contribution >= 4 is 0 Å². The molecule has 0 fully saturated rings. The minimum absolute atomic E-state index is 0.0784. The Bertz CT molecular complexity index is 232. The van der Waals surface area contributed by atoms with E-state index in [9.17, 15) is 26.3 Å². The molecule has 1 nitrogen and oxygen atoms in total. The Hall–Kier alpha value is -0.460. The Labute approximate surface area is 109 Å². The first-order valence-electron chi connectivity index (χ1n) is 6.37. The van der Waals surface area contributed by atoms with Crippen molar-refractivity contribution in [2.24, 2.45) is 11.8 Å². The molecule has 19 heavy (non-hydrogen) atoms. The van der Waals surface area contributed by atoms with Crippen LogP contribution in [0.25, 0.3) is 0 Å². The lowest BCUT2D eigenvalue weighted by atomic mass is 9.92. The van der Waals surface area contributed by atoms with E-state index in [1.807, 2.05) is 13.8 Å². The molecule has 7 heteroatoms. The van der Waals surface area contributed by atoms with Gasteiger partial charge in [-0.05, 0) is 18.9 Å². The minimum Gasteiger partial charge on any atom is -0.313 e. The molecule has 0 radical (unpaired) electrons. The third-order valence-electron chi connectivity index (χ3n) is 2.87. The normalized spacial score (nSPS) is 15.3. The molecule has 0 saturated carbocycles. The molecule has 0 aromatic rings. The van der Waals surface area contributed by atoms with Gasteiger partial charge in [-0.2, -0.15) is 26.3 Å². The zero-order valence-electron chi connectivity index (χ0n) is 11.3. The molecular weight excluding hydrogens is 272 g/mol. The molecule has 0 saturated heterocycles. The van der Waals surface area contributed by atoms with Crippen LogP contribution >= 0.6 is 0 Å². The van der Waals surface area contributed by atoms with Gasteiger partial charge in [0.1, 0.15) is 0 Å². The quantitative estimate of drug-likeness (QED) is 0.680. The van der Waals surface area contributed by atoms with Crippen molar-refractivity contribution in [3.8, 4) is 0 Å². The summed E-state index contributed by atoms with van der Waals surface area (Å²) in [5.74, 6) is -3.04. The fourth-order valence-electron chi connectivity index (χ4n) is 2.04. The summed E-state index contributed by atoms with van der Waals surface area (Å²) in [7, 11) is 0. The highest BCUT2D eigenvalue weighted by Crippen LogP contribution is 2.42. The first-order valence-corrected chi connectivity index (χ1v) is 6.37. The van der Waals surface area contributed by atoms with Gasteiger partial charge in [-0.25, -0.2) is 0 Å². The number of rotatable bonds is 7. The summed E-state index contributed by atoms with van der Waals surface area (Å²) in [5.41, 5.74) is 0. The van der Waals surface area contributed by atoms with Gasteiger partial charge in [0.05, 0.1) is 0 Å². The van der Waals surface area contributed by atoms with E-state index in [4.69, 9.17) is 0 Å². The van der Waals surface area contributed by atoms with Crippen molar-refractivity contribution in [3.05, 3.63) is 0 Å². The highest BCUT2D eigenvalue weighted by Gasteiger charge is 2.59. The Balaban J connectivity index is 4.87. The van der Waals surface area contributed by atoms with Crippen molar-refractivity contribution in [1.29, 1.82) is 0 Å². The summed E-state index contributed by atoms with van der Waals surface area (Å²) < 4.78 is 75.7. The van der Waals surface area contributed by atoms with Gasteiger partial charge in [-0.3, -0.25) is 0 Å². The van der Waals surface area contributed by atoms with Crippen LogP contribution in [0.3, 0.4) is 0 Å². The lowest BCUT2D eigenvalue weighted by molar-refractivity contribution is -0.292. The van der Waals surface area contributed by atoms with Crippen LogP contribution in [0.15, 0.2) is 0 Å². The van der Waals surface area contributed by atoms with Gasteiger partial charge < -0.3 is 5.32 Å². The summed E-state index contributed by atoms with van der Waals surface area (Å²) in [4.78, 5) is 0. The van der Waals surface area contributed by atoms with Crippen LogP contribution in [-0.2, 0) is 0 Å². The highest BCUT2D eigenvalue weighted by molar-refractivity contribution is 4.87. The van der Waals surface area contributed by atoms with Crippen LogP contribution in [-0.4, -0.2) is 24.9 Å². The maximum absolute atomic E-state index is 12.6. The number of halogens is 6. The number of alkyl halides is 6. The average Bonchev–Trinajstić information content (AvgIpc) is 2.12. The summed E-state index contributed by atoms with van der Waals surface area (Å²) in [6.45, 7) is 5.34. The molecule has 0 aromatic heterocycles. The van der Waals surface area contributed by atoms with Gasteiger partial charge in [-0.15, -0.1) is 0 Å². The molecule has 116 valence electrons. The largest absolute Gasteiger partial charge is 0.401 e. The van der Waals surface area contributed by atoms with Crippen LogP contribution in [0.5, 0.6) is 0 Å². The Morgan fingerprint density at radius 1 is 0.895 bits per heavy atom. The van der Waals surface area contributed by atoms with Gasteiger partial charge in [0.2, 0.25) is 0 Å². The molecule has 1 unspecified atom stereocenters. The van der Waals surface area contributed by atoms with Crippen LogP contribution in [0.2, 0.25) is 0 Å². The third-order valence-corrected chi connectivity index (χ3v) is 2.87. The molecule has 0 amide bonds. The summed E-state index contributed by atoms with van der Waals surface area (Å²) in [6.07, 6.45) is -9.72. The van der Waals surface area contributed by atoms with E-state index in [0.29, 0.717) is 12.8 Å². The Morgan fingerprint density at radius 2 is 1.37 bits per heavy atom. The van der Waals surface area contributed by atoms with Crippen molar-refractivity contribution in [3.63, 3.8) is 0 Å². The van der Waals surface area contributed by atoms with E-state index in [-0.39, 0.29) is 18.9 Å². The number of hydrogen-bond donors (Lipinski definition) is 1. The monoisotopic (exact) mass is 293 g/mol. The molecule has 1 atom stereocenters. The van der Waals surface area contributed by atoms with Gasteiger partial charge in [0, 0.05) is 6.04 Å². The molecule has 1 N–H and O–H groups in total. The smallest absolute Gasteiger partial charge is 0.313 e. The molecule has 0 bridgehead atoms. The SMILES string of the molecule is CCNC(CCCC(C)C)C(C(F)(F)F)C(F)(F)F. The van der Waals surface area contributed by atoms with Gasteiger partial charge in [-0.1, -0.05) is 33.6 Å². The maximum Gasteiger partial charge on any atom is 0.401 e. The van der Waals surface area contributed by atoms with E-state index >= 15 is 0 Å². The van der Waals surface area contributed by atoms with E-state index in [0.717, 1.165) is 0 Å². The van der Waals surface area contributed by atoms with E-state index < -0.39 is 24.3 Å². The predicted octanol–water partition coefficient (Wildman–Crippen LogP) is 4.53. The third kappa shape index (κ3) is 7.03. The maximum atomic E-state index is 12.6. The van der Waals surface area contributed by atoms with E-state index in [1.165, 1.54) is 6.92 Å². The van der Waals surface area contributed by atoms with Crippen LogP contribution in [0.4, 0.5) is 26.3 Å². The van der Waals surface area contributed by atoms with Gasteiger partial charge in [0.25, 0.3) is 0 Å². The van der Waals surface area contributed by atoms with Crippen molar-refractivity contribution in [2.45, 2.75) is 58.4 Å². The second-order valence-electron chi connectivity index (χ2n) is 5.05. The molecule has 0 aliphatic carbocycles. The highest BCUT2D eigenvalue weighted by atomic mass is 19.4. The topological polar surface area (TPSA) is 12.0 Å². The lowest BCUT2D eigenvalue weighted by Crippen LogP contribution is -2.51. The lowest BCUT2D eigenvalue weighted by Gasteiger charge is -2.31. The first kappa shape index (κ1) is 18.5. The molecular formula is C12H21F6N. The minimum atomic E-state index is -5.27. The average molecular weight is 293 g/mol. The molecule has 0 aromatic carbocycles. The number of hydrogen-bond acceptors (Lipinski definition) is 1. The van der Waals surface area contributed by atoms with Crippen molar-refractivity contribution in [2.75, 3.05) is 6.54 Å². The van der Waals surface area contributed by atoms with E-state index in [1.54, 1.807) is 0 Å². The molecule has 0 heterocycles. The number of nitrogens with one attached hydrogen (secondary N) is 1. The molecule has 0 spiro atoms. The Morgan fingerprint density at radius 3 is 1.68 bits per heavy atom. The Kier molecular flexibility index (Phi) is 7.18. The molecule has 0 aliphatic rings.